The van der Waals surface area contributed by atoms with E-state index in [1.165, 1.54) is 0 Å². The topological polar surface area (TPSA) is 57.2 Å². The van der Waals surface area contributed by atoms with Crippen LogP contribution in [0.5, 0.6) is 0 Å². The summed E-state index contributed by atoms with van der Waals surface area (Å²) in [6, 6.07) is 0. The SMILES string of the molecule is CC1(C)OC[C@H]([C@H](O)CC2OCCO2)O1. The average Bonchev–Trinajstić information content (AvgIpc) is 2.74. The van der Waals surface area contributed by atoms with Crippen molar-refractivity contribution in [3.05, 3.63) is 0 Å². The zero-order chi connectivity index (χ0) is 10.9. The lowest BCUT2D eigenvalue weighted by molar-refractivity contribution is -0.159. The van der Waals surface area contributed by atoms with Crippen LogP contribution >= 0.6 is 0 Å². The lowest BCUT2D eigenvalue weighted by Crippen LogP contribution is -2.33. The largest absolute Gasteiger partial charge is 0.390 e. The molecule has 0 aromatic carbocycles. The Morgan fingerprint density at radius 1 is 1.33 bits per heavy atom. The summed E-state index contributed by atoms with van der Waals surface area (Å²) in [5.41, 5.74) is 0. The van der Waals surface area contributed by atoms with Gasteiger partial charge < -0.3 is 24.1 Å². The van der Waals surface area contributed by atoms with Crippen LogP contribution in [0.4, 0.5) is 0 Å². The van der Waals surface area contributed by atoms with Gasteiger partial charge in [0.15, 0.2) is 12.1 Å². The van der Waals surface area contributed by atoms with Gasteiger partial charge in [-0.1, -0.05) is 0 Å². The van der Waals surface area contributed by atoms with E-state index >= 15 is 0 Å². The molecule has 2 fully saturated rings. The Morgan fingerprint density at radius 2 is 2.00 bits per heavy atom. The third-order valence-corrected chi connectivity index (χ3v) is 2.58. The molecule has 2 aliphatic heterocycles. The molecule has 0 spiro atoms. The van der Waals surface area contributed by atoms with Crippen molar-refractivity contribution in [1.29, 1.82) is 0 Å². The number of aliphatic hydroxyl groups excluding tert-OH is 1. The Balaban J connectivity index is 1.78. The van der Waals surface area contributed by atoms with Crippen LogP contribution in [0, 0.1) is 0 Å². The second-order valence-corrected chi connectivity index (χ2v) is 4.34. The first-order valence-corrected chi connectivity index (χ1v) is 5.30. The molecule has 0 amide bonds. The van der Waals surface area contributed by atoms with Gasteiger partial charge in [-0.25, -0.2) is 0 Å². The molecule has 2 rings (SSSR count). The molecule has 0 aromatic rings. The van der Waals surface area contributed by atoms with Crippen molar-refractivity contribution < 1.29 is 24.1 Å². The van der Waals surface area contributed by atoms with E-state index in [1.807, 2.05) is 13.8 Å². The number of hydrogen-bond acceptors (Lipinski definition) is 5. The molecular formula is C10H18O5. The van der Waals surface area contributed by atoms with Crippen LogP contribution in [-0.2, 0) is 18.9 Å². The number of hydrogen-bond donors (Lipinski definition) is 1. The van der Waals surface area contributed by atoms with Crippen molar-refractivity contribution in [2.24, 2.45) is 0 Å². The minimum Gasteiger partial charge on any atom is -0.390 e. The molecule has 0 aliphatic carbocycles. The monoisotopic (exact) mass is 218 g/mol. The Labute approximate surface area is 89.3 Å². The van der Waals surface area contributed by atoms with E-state index < -0.39 is 11.9 Å². The molecule has 0 unspecified atom stereocenters. The molecule has 5 nitrogen and oxygen atoms in total. The maximum Gasteiger partial charge on any atom is 0.163 e. The van der Waals surface area contributed by atoms with E-state index in [2.05, 4.69) is 0 Å². The van der Waals surface area contributed by atoms with Gasteiger partial charge in [0.2, 0.25) is 0 Å². The minimum atomic E-state index is -0.602. The molecular weight excluding hydrogens is 200 g/mol. The first-order valence-electron chi connectivity index (χ1n) is 5.30. The van der Waals surface area contributed by atoms with E-state index in [9.17, 15) is 5.11 Å². The highest BCUT2D eigenvalue weighted by Crippen LogP contribution is 2.26. The summed E-state index contributed by atoms with van der Waals surface area (Å²) in [6.45, 7) is 5.29. The fraction of sp³-hybridized carbons (Fsp3) is 1.00. The van der Waals surface area contributed by atoms with Gasteiger partial charge in [0.1, 0.15) is 6.10 Å². The molecule has 1 N–H and O–H groups in total. The van der Waals surface area contributed by atoms with Gasteiger partial charge in [0.25, 0.3) is 0 Å². The Bertz CT molecular complexity index is 212. The van der Waals surface area contributed by atoms with Crippen LogP contribution in [0.3, 0.4) is 0 Å². The summed E-state index contributed by atoms with van der Waals surface area (Å²) in [6.07, 6.45) is -0.751. The minimum absolute atomic E-state index is 0.284. The van der Waals surface area contributed by atoms with Crippen LogP contribution in [-0.4, -0.2) is 49.2 Å². The van der Waals surface area contributed by atoms with Crippen molar-refractivity contribution in [1.82, 2.24) is 0 Å². The van der Waals surface area contributed by atoms with Gasteiger partial charge in [-0.3, -0.25) is 0 Å². The Kier molecular flexibility index (Phi) is 3.27. The van der Waals surface area contributed by atoms with Crippen LogP contribution in [0.1, 0.15) is 20.3 Å². The van der Waals surface area contributed by atoms with Crippen LogP contribution < -0.4 is 0 Å². The number of aliphatic hydroxyl groups is 1. The van der Waals surface area contributed by atoms with Gasteiger partial charge in [0.05, 0.1) is 25.9 Å². The molecule has 88 valence electrons. The standard InChI is InChI=1S/C10H18O5/c1-10(2)14-6-8(15-10)7(11)5-9-12-3-4-13-9/h7-9,11H,3-6H2,1-2H3/t7-,8-/m1/s1. The van der Waals surface area contributed by atoms with E-state index in [0.29, 0.717) is 26.2 Å². The van der Waals surface area contributed by atoms with Crippen LogP contribution in [0.15, 0.2) is 0 Å². The van der Waals surface area contributed by atoms with Crippen molar-refractivity contribution in [2.75, 3.05) is 19.8 Å². The maximum absolute atomic E-state index is 9.88. The molecule has 15 heavy (non-hydrogen) atoms. The quantitative estimate of drug-likeness (QED) is 0.736. The summed E-state index contributed by atoms with van der Waals surface area (Å²) in [7, 11) is 0. The highest BCUT2D eigenvalue weighted by atomic mass is 16.7. The van der Waals surface area contributed by atoms with Crippen molar-refractivity contribution in [3.8, 4) is 0 Å². The zero-order valence-electron chi connectivity index (χ0n) is 9.14. The smallest absolute Gasteiger partial charge is 0.163 e. The fourth-order valence-electron chi connectivity index (χ4n) is 1.80. The highest BCUT2D eigenvalue weighted by molar-refractivity contribution is 4.78. The zero-order valence-corrected chi connectivity index (χ0v) is 9.14. The second kappa shape index (κ2) is 4.35. The van der Waals surface area contributed by atoms with Gasteiger partial charge in [0, 0.05) is 6.42 Å². The number of ether oxygens (including phenoxy) is 4. The summed E-state index contributed by atoms with van der Waals surface area (Å²) < 4.78 is 21.4. The molecule has 2 saturated heterocycles. The van der Waals surface area contributed by atoms with E-state index in [1.54, 1.807) is 0 Å². The molecule has 0 aromatic heterocycles. The summed E-state index contributed by atoms with van der Waals surface area (Å²) >= 11 is 0. The average molecular weight is 218 g/mol. The molecule has 5 heteroatoms. The molecule has 2 aliphatic rings. The molecule has 0 bridgehead atoms. The van der Waals surface area contributed by atoms with E-state index in [0.717, 1.165) is 0 Å². The first-order chi connectivity index (χ1) is 7.07. The lowest BCUT2D eigenvalue weighted by Gasteiger charge is -2.21. The summed E-state index contributed by atoms with van der Waals surface area (Å²) in [4.78, 5) is 0. The third-order valence-electron chi connectivity index (χ3n) is 2.58. The predicted molar refractivity (Wildman–Crippen MR) is 51.2 cm³/mol. The molecule has 0 saturated carbocycles. The predicted octanol–water partition coefficient (Wildman–Crippen LogP) is 0.262. The van der Waals surface area contributed by atoms with Crippen molar-refractivity contribution in [3.63, 3.8) is 0 Å². The molecule has 2 atom stereocenters. The normalized spacial score (nSPS) is 33.4. The number of rotatable bonds is 3. The second-order valence-electron chi connectivity index (χ2n) is 4.34. The Morgan fingerprint density at radius 3 is 2.53 bits per heavy atom. The Hall–Kier alpha value is -0.200. The fourth-order valence-corrected chi connectivity index (χ4v) is 1.80. The molecule has 2 heterocycles. The van der Waals surface area contributed by atoms with Gasteiger partial charge >= 0.3 is 0 Å². The first kappa shape index (κ1) is 11.3. The third kappa shape index (κ3) is 2.89. The van der Waals surface area contributed by atoms with E-state index in [-0.39, 0.29) is 12.4 Å². The van der Waals surface area contributed by atoms with E-state index in [4.69, 9.17) is 18.9 Å². The van der Waals surface area contributed by atoms with Crippen molar-refractivity contribution >= 4 is 0 Å². The summed E-state index contributed by atoms with van der Waals surface area (Å²) in [5, 5.41) is 9.88. The lowest BCUT2D eigenvalue weighted by atomic mass is 10.1. The highest BCUT2D eigenvalue weighted by Gasteiger charge is 2.38. The summed E-state index contributed by atoms with van der Waals surface area (Å²) in [5.74, 6) is -0.594. The van der Waals surface area contributed by atoms with Crippen LogP contribution in [0.25, 0.3) is 0 Å². The van der Waals surface area contributed by atoms with Gasteiger partial charge in [-0.05, 0) is 13.8 Å². The van der Waals surface area contributed by atoms with Crippen molar-refractivity contribution in [2.45, 2.75) is 44.6 Å². The van der Waals surface area contributed by atoms with Gasteiger partial charge in [-0.2, -0.15) is 0 Å². The molecule has 0 radical (unpaired) electrons. The maximum atomic E-state index is 9.88. The van der Waals surface area contributed by atoms with Gasteiger partial charge in [-0.15, -0.1) is 0 Å². The van der Waals surface area contributed by atoms with Crippen LogP contribution in [0.2, 0.25) is 0 Å².